The van der Waals surface area contributed by atoms with Gasteiger partial charge in [0, 0.05) is 30.7 Å². The first-order valence-corrected chi connectivity index (χ1v) is 10.2. The predicted octanol–water partition coefficient (Wildman–Crippen LogP) is 2.85. The molecule has 2 heterocycles. The highest BCUT2D eigenvalue weighted by Crippen LogP contribution is 2.21. The zero-order valence-electron chi connectivity index (χ0n) is 18.3. The summed E-state index contributed by atoms with van der Waals surface area (Å²) >= 11 is 0. The van der Waals surface area contributed by atoms with E-state index in [1.54, 1.807) is 19.3 Å². The molecule has 164 valence electrons. The Kier molecular flexibility index (Phi) is 6.91. The van der Waals surface area contributed by atoms with Crippen molar-refractivity contribution in [1.82, 2.24) is 14.8 Å². The first-order chi connectivity index (χ1) is 14.8. The van der Waals surface area contributed by atoms with Gasteiger partial charge in [0.05, 0.1) is 6.61 Å². The van der Waals surface area contributed by atoms with Crippen LogP contribution in [0, 0.1) is 13.8 Å². The second-order valence-corrected chi connectivity index (χ2v) is 7.41. The van der Waals surface area contributed by atoms with Crippen molar-refractivity contribution in [3.8, 4) is 0 Å². The third-order valence-corrected chi connectivity index (χ3v) is 5.37. The number of amides is 4. The van der Waals surface area contributed by atoms with Crippen LogP contribution in [-0.2, 0) is 27.3 Å². The summed E-state index contributed by atoms with van der Waals surface area (Å²) in [5.74, 6) is -0.950. The van der Waals surface area contributed by atoms with Crippen molar-refractivity contribution >= 4 is 29.6 Å². The molecule has 8 heteroatoms. The first kappa shape index (κ1) is 22.3. The van der Waals surface area contributed by atoms with Crippen molar-refractivity contribution < 1.29 is 19.1 Å². The maximum Gasteiger partial charge on any atom is 0.329 e. The Balaban J connectivity index is 1.73. The molecule has 0 aliphatic carbocycles. The van der Waals surface area contributed by atoms with E-state index in [4.69, 9.17) is 4.74 Å². The molecule has 0 bridgehead atoms. The van der Waals surface area contributed by atoms with Gasteiger partial charge in [-0.05, 0) is 49.6 Å². The van der Waals surface area contributed by atoms with Gasteiger partial charge in [-0.15, -0.1) is 0 Å². The highest BCUT2D eigenvalue weighted by Gasteiger charge is 2.35. The van der Waals surface area contributed by atoms with Crippen LogP contribution >= 0.6 is 0 Å². The van der Waals surface area contributed by atoms with E-state index in [2.05, 4.69) is 15.2 Å². The number of aryl methyl sites for hydroxylation is 2. The average molecular weight is 425 g/mol. The van der Waals surface area contributed by atoms with Gasteiger partial charge in [0.2, 0.25) is 5.91 Å². The van der Waals surface area contributed by atoms with Crippen LogP contribution in [0.2, 0.25) is 0 Å². The van der Waals surface area contributed by atoms with Crippen LogP contribution in [0.1, 0.15) is 29.4 Å². The summed E-state index contributed by atoms with van der Waals surface area (Å²) in [6, 6.07) is 8.79. The number of para-hydroxylation sites is 1. The lowest BCUT2D eigenvalue weighted by molar-refractivity contribution is -0.127. The zero-order valence-corrected chi connectivity index (χ0v) is 18.3. The fraction of sp³-hybridized carbons (Fsp3) is 0.348. The molecule has 2 aromatic rings. The summed E-state index contributed by atoms with van der Waals surface area (Å²) in [6.07, 6.45) is 2.41. The molecule has 0 atom stereocenters. The monoisotopic (exact) mass is 424 g/mol. The Bertz CT molecular complexity index is 1040. The zero-order chi connectivity index (χ0) is 22.5. The van der Waals surface area contributed by atoms with Crippen LogP contribution in [0.4, 0.5) is 10.5 Å². The van der Waals surface area contributed by atoms with Gasteiger partial charge in [0.1, 0.15) is 12.2 Å². The second-order valence-electron chi connectivity index (χ2n) is 7.41. The van der Waals surface area contributed by atoms with E-state index in [1.807, 2.05) is 45.0 Å². The molecular formula is C23H28N4O4. The van der Waals surface area contributed by atoms with Crippen LogP contribution in [-0.4, -0.2) is 47.6 Å². The molecule has 3 rings (SSSR count). The Morgan fingerprint density at radius 3 is 2.68 bits per heavy atom. The van der Waals surface area contributed by atoms with E-state index < -0.39 is 17.8 Å². The van der Waals surface area contributed by atoms with Crippen LogP contribution in [0.25, 0.3) is 6.08 Å². The van der Waals surface area contributed by atoms with E-state index in [9.17, 15) is 14.4 Å². The smallest absolute Gasteiger partial charge is 0.329 e. The van der Waals surface area contributed by atoms with Gasteiger partial charge in [0.15, 0.2) is 0 Å². The van der Waals surface area contributed by atoms with Gasteiger partial charge < -0.3 is 19.9 Å². The van der Waals surface area contributed by atoms with Crippen molar-refractivity contribution in [3.05, 3.63) is 58.5 Å². The van der Waals surface area contributed by atoms with Gasteiger partial charge in [-0.25, -0.2) is 9.69 Å². The number of nitrogens with one attached hydrogen (secondary N) is 2. The minimum absolute atomic E-state index is 0.152. The molecule has 31 heavy (non-hydrogen) atoms. The summed E-state index contributed by atoms with van der Waals surface area (Å²) < 4.78 is 7.24. The molecule has 1 aromatic carbocycles. The van der Waals surface area contributed by atoms with Crippen molar-refractivity contribution in [3.63, 3.8) is 0 Å². The Morgan fingerprint density at radius 1 is 1.23 bits per heavy atom. The van der Waals surface area contributed by atoms with E-state index in [-0.39, 0.29) is 12.2 Å². The number of carbonyl (C=O) groups is 3. The molecule has 1 aliphatic rings. The Morgan fingerprint density at radius 2 is 1.97 bits per heavy atom. The molecule has 4 amide bonds. The quantitative estimate of drug-likeness (QED) is 0.503. The number of carbonyl (C=O) groups excluding carboxylic acids is 3. The summed E-state index contributed by atoms with van der Waals surface area (Å²) in [4.78, 5) is 38.5. The van der Waals surface area contributed by atoms with Gasteiger partial charge in [0.25, 0.3) is 5.91 Å². The number of benzene rings is 1. The van der Waals surface area contributed by atoms with Crippen molar-refractivity contribution in [2.24, 2.45) is 0 Å². The highest BCUT2D eigenvalue weighted by molar-refractivity contribution is 6.16. The number of ether oxygens (including phenoxy) is 1. The number of imide groups is 1. The van der Waals surface area contributed by atoms with Crippen molar-refractivity contribution in [2.45, 2.75) is 33.7 Å². The lowest BCUT2D eigenvalue weighted by atomic mass is 10.1. The Labute approximate surface area is 181 Å². The normalized spacial score (nSPS) is 15.0. The summed E-state index contributed by atoms with van der Waals surface area (Å²) in [7, 11) is 1.65. The minimum atomic E-state index is -0.608. The van der Waals surface area contributed by atoms with Gasteiger partial charge >= 0.3 is 6.03 Å². The summed E-state index contributed by atoms with van der Waals surface area (Å²) in [5.41, 5.74) is 4.65. The molecule has 0 unspecified atom stereocenters. The molecule has 0 radical (unpaired) electrons. The fourth-order valence-corrected chi connectivity index (χ4v) is 3.66. The largest absolute Gasteiger partial charge is 0.383 e. The van der Waals surface area contributed by atoms with Crippen LogP contribution < -0.4 is 10.6 Å². The highest BCUT2D eigenvalue weighted by atomic mass is 16.5. The maximum atomic E-state index is 12.8. The average Bonchev–Trinajstić information content (AvgIpc) is 3.16. The van der Waals surface area contributed by atoms with E-state index in [1.165, 1.54) is 0 Å². The molecule has 1 fully saturated rings. The second kappa shape index (κ2) is 9.61. The number of anilines is 1. The number of hydrogen-bond acceptors (Lipinski definition) is 4. The topological polar surface area (TPSA) is 92.7 Å². The number of aromatic nitrogens is 1. The third-order valence-electron chi connectivity index (χ3n) is 5.37. The standard InChI is InChI=1S/C23H28N4O4/c1-5-17-8-6-7-9-19(17)24-21(28)14-27-22(29)20(25-23(27)30)13-18-12-15(2)26(16(18)3)10-11-31-4/h6-9,12-13H,5,10-11,14H2,1-4H3,(H,24,28)(H,25,30)/b20-13+. The van der Waals surface area contributed by atoms with E-state index >= 15 is 0 Å². The number of urea groups is 1. The van der Waals surface area contributed by atoms with Crippen molar-refractivity contribution in [1.29, 1.82) is 0 Å². The summed E-state index contributed by atoms with van der Waals surface area (Å²) in [5, 5.41) is 5.36. The molecule has 1 aliphatic heterocycles. The number of methoxy groups -OCH3 is 1. The number of nitrogens with zero attached hydrogens (tertiary/aromatic N) is 2. The van der Waals surface area contributed by atoms with Crippen LogP contribution in [0.5, 0.6) is 0 Å². The van der Waals surface area contributed by atoms with Crippen LogP contribution in [0.3, 0.4) is 0 Å². The predicted molar refractivity (Wildman–Crippen MR) is 118 cm³/mol. The summed E-state index contributed by atoms with van der Waals surface area (Å²) in [6.45, 7) is 6.84. The van der Waals surface area contributed by atoms with Gasteiger partial charge in [-0.2, -0.15) is 0 Å². The van der Waals surface area contributed by atoms with Gasteiger partial charge in [-0.3, -0.25) is 9.59 Å². The Hall–Kier alpha value is -3.39. The fourth-order valence-electron chi connectivity index (χ4n) is 3.66. The number of hydrogen-bond donors (Lipinski definition) is 2. The number of rotatable bonds is 8. The minimum Gasteiger partial charge on any atom is -0.383 e. The SMILES string of the molecule is CCc1ccccc1NC(=O)CN1C(=O)N/C(=C/c2cc(C)n(CCOC)c2C)C1=O. The molecule has 2 N–H and O–H groups in total. The molecule has 8 nitrogen and oxygen atoms in total. The molecule has 0 spiro atoms. The molecule has 0 saturated carbocycles. The maximum absolute atomic E-state index is 12.8. The third kappa shape index (κ3) is 4.86. The van der Waals surface area contributed by atoms with E-state index in [0.29, 0.717) is 18.8 Å². The van der Waals surface area contributed by atoms with Crippen LogP contribution in [0.15, 0.2) is 36.0 Å². The first-order valence-electron chi connectivity index (χ1n) is 10.2. The van der Waals surface area contributed by atoms with Gasteiger partial charge in [-0.1, -0.05) is 25.1 Å². The van der Waals surface area contributed by atoms with E-state index in [0.717, 1.165) is 33.8 Å². The lowest BCUT2D eigenvalue weighted by Crippen LogP contribution is -2.38. The molecular weight excluding hydrogens is 396 g/mol. The lowest BCUT2D eigenvalue weighted by Gasteiger charge is -2.13. The van der Waals surface area contributed by atoms with Crippen molar-refractivity contribution in [2.75, 3.05) is 25.6 Å². The molecule has 1 saturated heterocycles. The molecule has 1 aromatic heterocycles.